The van der Waals surface area contributed by atoms with Crippen LogP contribution in [0.25, 0.3) is 0 Å². The third-order valence-electron chi connectivity index (χ3n) is 6.00. The van der Waals surface area contributed by atoms with Crippen molar-refractivity contribution in [1.82, 2.24) is 0 Å². The number of carbonyl (C=O) groups is 1. The molecule has 1 fully saturated rings. The van der Waals surface area contributed by atoms with Gasteiger partial charge in [-0.05, 0) is 19.4 Å². The summed E-state index contributed by atoms with van der Waals surface area (Å²) >= 11 is 0. The molecule has 4 rings (SSSR count). The predicted octanol–water partition coefficient (Wildman–Crippen LogP) is 1.90. The maximum Gasteiger partial charge on any atom is 0.279 e. The first-order chi connectivity index (χ1) is 15.7. The molecule has 2 aromatic carbocycles. The summed E-state index contributed by atoms with van der Waals surface area (Å²) in [4.78, 5) is 16.5. The highest BCUT2D eigenvalue weighted by atomic mass is 16.5. The van der Waals surface area contributed by atoms with Crippen molar-refractivity contribution in [3.05, 3.63) is 47.5 Å². The minimum absolute atomic E-state index is 0.0121. The molecule has 2 heterocycles. The number of nitrogens with zero attached hydrogens (tertiary/aromatic N) is 1. The molecule has 1 atom stereocenters. The number of nitrogens with one attached hydrogen (secondary N) is 2. The Morgan fingerprint density at radius 3 is 2.53 bits per heavy atom. The second kappa shape index (κ2) is 10.7. The summed E-state index contributed by atoms with van der Waals surface area (Å²) in [7, 11) is 0. The Kier molecular flexibility index (Phi) is 7.50. The van der Waals surface area contributed by atoms with Crippen LogP contribution in [0.5, 0.6) is 11.5 Å². The molecule has 0 bridgehead atoms. The van der Waals surface area contributed by atoms with E-state index in [2.05, 4.69) is 34.5 Å². The van der Waals surface area contributed by atoms with Gasteiger partial charge in [-0.3, -0.25) is 4.79 Å². The molecule has 1 saturated heterocycles. The highest BCUT2D eigenvalue weighted by molar-refractivity contribution is 5.94. The van der Waals surface area contributed by atoms with Gasteiger partial charge in [-0.15, -0.1) is 0 Å². The van der Waals surface area contributed by atoms with Crippen molar-refractivity contribution in [2.75, 3.05) is 62.8 Å². The van der Waals surface area contributed by atoms with Gasteiger partial charge in [0.1, 0.15) is 18.0 Å². The largest absolute Gasteiger partial charge is 0.492 e. The Hall–Kier alpha value is -2.77. The van der Waals surface area contributed by atoms with Crippen molar-refractivity contribution >= 4 is 17.3 Å². The number of fused-ring (bicyclic) bond motifs is 1. The van der Waals surface area contributed by atoms with E-state index in [1.54, 1.807) is 0 Å². The summed E-state index contributed by atoms with van der Waals surface area (Å²) < 4.78 is 17.3. The zero-order chi connectivity index (χ0) is 22.3. The average Bonchev–Trinajstić information content (AvgIpc) is 2.81. The lowest BCUT2D eigenvalue weighted by Crippen LogP contribution is -3.12. The van der Waals surface area contributed by atoms with Crippen LogP contribution in [0.1, 0.15) is 25.0 Å². The van der Waals surface area contributed by atoms with Gasteiger partial charge in [-0.25, -0.2) is 0 Å². The number of morpholine rings is 1. The maximum atomic E-state index is 12.9. The third kappa shape index (κ3) is 5.34. The van der Waals surface area contributed by atoms with Crippen LogP contribution >= 0.6 is 0 Å². The lowest BCUT2D eigenvalue weighted by atomic mass is 10.00. The maximum absolute atomic E-state index is 12.9. The standard InChI is InChI=1S/C25H33N3O4/c1-3-31-23-16-22(28-11-13-30-14-12-28)24(32-4-2)15-21(23)26-25(29)18-27-10-9-19-7-5-6-8-20(19)17-27/h5-8,15-16H,3-4,9-14,17-18H2,1-2H3,(H,26,29)/p+1. The van der Waals surface area contributed by atoms with E-state index in [4.69, 9.17) is 14.2 Å². The van der Waals surface area contributed by atoms with Crippen LogP contribution < -0.4 is 24.6 Å². The van der Waals surface area contributed by atoms with Crippen LogP contribution in [-0.4, -0.2) is 58.5 Å². The van der Waals surface area contributed by atoms with Crippen LogP contribution in [0.3, 0.4) is 0 Å². The van der Waals surface area contributed by atoms with Crippen molar-refractivity contribution in [1.29, 1.82) is 0 Å². The highest BCUT2D eigenvalue weighted by Crippen LogP contribution is 2.39. The molecule has 2 aliphatic rings. The Bertz CT molecular complexity index is 927. The van der Waals surface area contributed by atoms with Crippen molar-refractivity contribution in [3.63, 3.8) is 0 Å². The number of hydrogen-bond acceptors (Lipinski definition) is 5. The van der Waals surface area contributed by atoms with Gasteiger partial charge < -0.3 is 29.3 Å². The van der Waals surface area contributed by atoms with Crippen LogP contribution in [0, 0.1) is 0 Å². The smallest absolute Gasteiger partial charge is 0.279 e. The molecule has 0 saturated carbocycles. The molecule has 2 aliphatic heterocycles. The Balaban J connectivity index is 1.50. The number of hydrogen-bond donors (Lipinski definition) is 2. The lowest BCUT2D eigenvalue weighted by Gasteiger charge is -2.31. The first-order valence-corrected chi connectivity index (χ1v) is 11.6. The SMILES string of the molecule is CCOc1cc(N2CCOCC2)c(OCC)cc1NC(=O)C[NH+]1CCc2ccccc2C1. The van der Waals surface area contributed by atoms with Gasteiger partial charge in [0.05, 0.1) is 44.3 Å². The molecule has 0 spiro atoms. The quantitative estimate of drug-likeness (QED) is 0.657. The summed E-state index contributed by atoms with van der Waals surface area (Å²) in [6.07, 6.45) is 1.01. The molecular formula is C25H34N3O4+. The highest BCUT2D eigenvalue weighted by Gasteiger charge is 2.24. The second-order valence-corrected chi connectivity index (χ2v) is 8.20. The lowest BCUT2D eigenvalue weighted by molar-refractivity contribution is -0.907. The zero-order valence-electron chi connectivity index (χ0n) is 19.1. The number of anilines is 2. The molecule has 0 radical (unpaired) electrons. The van der Waals surface area contributed by atoms with Gasteiger partial charge in [0.2, 0.25) is 0 Å². The average molecular weight is 441 g/mol. The molecule has 2 aromatic rings. The van der Waals surface area contributed by atoms with Gasteiger partial charge >= 0.3 is 0 Å². The Morgan fingerprint density at radius 1 is 1.06 bits per heavy atom. The van der Waals surface area contributed by atoms with E-state index in [1.165, 1.54) is 16.0 Å². The molecule has 1 amide bonds. The second-order valence-electron chi connectivity index (χ2n) is 8.20. The van der Waals surface area contributed by atoms with Crippen molar-refractivity contribution < 1.29 is 23.9 Å². The van der Waals surface area contributed by atoms with Crippen molar-refractivity contribution in [3.8, 4) is 11.5 Å². The molecule has 7 heteroatoms. The van der Waals surface area contributed by atoms with Crippen LogP contribution in [0.4, 0.5) is 11.4 Å². The van der Waals surface area contributed by atoms with Crippen molar-refractivity contribution in [2.45, 2.75) is 26.8 Å². The van der Waals surface area contributed by atoms with Gasteiger partial charge in [0.15, 0.2) is 6.54 Å². The fourth-order valence-corrected chi connectivity index (χ4v) is 4.46. The van der Waals surface area contributed by atoms with Gasteiger partial charge in [0, 0.05) is 37.2 Å². The molecule has 0 aromatic heterocycles. The number of amides is 1. The van der Waals surface area contributed by atoms with E-state index in [-0.39, 0.29) is 5.91 Å². The molecule has 2 N–H and O–H groups in total. The van der Waals surface area contributed by atoms with Crippen LogP contribution in [-0.2, 0) is 22.5 Å². The summed E-state index contributed by atoms with van der Waals surface area (Å²) in [5.74, 6) is 1.42. The Labute approximate surface area is 190 Å². The minimum atomic E-state index is -0.0121. The van der Waals surface area contributed by atoms with Gasteiger partial charge in [0.25, 0.3) is 5.91 Å². The van der Waals surface area contributed by atoms with E-state index in [1.807, 2.05) is 26.0 Å². The molecule has 0 aliphatic carbocycles. The number of ether oxygens (including phenoxy) is 3. The monoisotopic (exact) mass is 440 g/mol. The van der Waals surface area contributed by atoms with Crippen LogP contribution in [0.15, 0.2) is 36.4 Å². The van der Waals surface area contributed by atoms with E-state index >= 15 is 0 Å². The summed E-state index contributed by atoms with van der Waals surface area (Å²) in [6, 6.07) is 12.4. The summed E-state index contributed by atoms with van der Waals surface area (Å²) in [6.45, 7) is 10.2. The molecule has 172 valence electrons. The van der Waals surface area contributed by atoms with Gasteiger partial charge in [-0.2, -0.15) is 0 Å². The van der Waals surface area contributed by atoms with E-state index in [0.29, 0.717) is 44.4 Å². The minimum Gasteiger partial charge on any atom is -0.492 e. The number of rotatable bonds is 8. The number of quaternary nitrogens is 1. The van der Waals surface area contributed by atoms with E-state index in [9.17, 15) is 4.79 Å². The summed E-state index contributed by atoms with van der Waals surface area (Å²) in [5, 5.41) is 3.09. The first kappa shape index (κ1) is 22.4. The fraction of sp³-hybridized carbons (Fsp3) is 0.480. The first-order valence-electron chi connectivity index (χ1n) is 11.6. The zero-order valence-corrected chi connectivity index (χ0v) is 19.1. The molecule has 32 heavy (non-hydrogen) atoms. The predicted molar refractivity (Wildman–Crippen MR) is 125 cm³/mol. The Morgan fingerprint density at radius 2 is 1.78 bits per heavy atom. The van der Waals surface area contributed by atoms with E-state index in [0.717, 1.165) is 44.0 Å². The van der Waals surface area contributed by atoms with Crippen molar-refractivity contribution in [2.24, 2.45) is 0 Å². The molecule has 1 unspecified atom stereocenters. The molecule has 7 nitrogen and oxygen atoms in total. The summed E-state index contributed by atoms with van der Waals surface area (Å²) in [5.41, 5.74) is 4.38. The normalized spacial score (nSPS) is 18.1. The number of benzene rings is 2. The third-order valence-corrected chi connectivity index (χ3v) is 6.00. The van der Waals surface area contributed by atoms with Gasteiger partial charge in [-0.1, -0.05) is 24.3 Å². The molecular weight excluding hydrogens is 406 g/mol. The topological polar surface area (TPSA) is 64.5 Å². The van der Waals surface area contributed by atoms with E-state index < -0.39 is 0 Å². The number of carbonyl (C=O) groups excluding carboxylic acids is 1. The fourth-order valence-electron chi connectivity index (χ4n) is 4.46. The van der Waals surface area contributed by atoms with Crippen LogP contribution in [0.2, 0.25) is 0 Å².